The summed E-state index contributed by atoms with van der Waals surface area (Å²) in [7, 11) is 0. The van der Waals surface area contributed by atoms with Gasteiger partial charge in [0.25, 0.3) is 0 Å². The largest absolute Gasteiger partial charge is 0.492 e. The number of amides is 1. The number of rotatable bonds is 11. The van der Waals surface area contributed by atoms with E-state index in [1.165, 1.54) is 11.1 Å². The van der Waals surface area contributed by atoms with Crippen LogP contribution in [0.4, 0.5) is 11.4 Å². The van der Waals surface area contributed by atoms with Crippen LogP contribution in [0.15, 0.2) is 72.8 Å². The number of piperazine rings is 1. The predicted molar refractivity (Wildman–Crippen MR) is 163 cm³/mol. The fourth-order valence-corrected chi connectivity index (χ4v) is 5.70. The number of hydrogen-bond acceptors (Lipinski definition) is 7. The molecule has 0 bridgehead atoms. The average molecular weight is 559 g/mol. The molecule has 8 heteroatoms. The Morgan fingerprint density at radius 3 is 1.98 bits per heavy atom. The van der Waals surface area contributed by atoms with Crippen LogP contribution in [0.5, 0.6) is 11.5 Å². The van der Waals surface area contributed by atoms with E-state index in [9.17, 15) is 4.79 Å². The van der Waals surface area contributed by atoms with Gasteiger partial charge in [0.15, 0.2) is 0 Å². The zero-order valence-electron chi connectivity index (χ0n) is 24.3. The van der Waals surface area contributed by atoms with E-state index in [4.69, 9.17) is 14.2 Å². The molecule has 0 atom stereocenters. The summed E-state index contributed by atoms with van der Waals surface area (Å²) in [4.78, 5) is 20.3. The minimum absolute atomic E-state index is 0.0522. The van der Waals surface area contributed by atoms with Crippen LogP contribution >= 0.6 is 0 Å². The molecule has 2 heterocycles. The molecule has 8 nitrogen and oxygen atoms in total. The molecule has 5 rings (SSSR count). The van der Waals surface area contributed by atoms with Gasteiger partial charge in [-0.05, 0) is 25.0 Å². The molecule has 218 valence electrons. The fraction of sp³-hybridized carbons (Fsp3) is 0.424. The Bertz CT molecular complexity index is 1200. The summed E-state index contributed by atoms with van der Waals surface area (Å²) in [6, 6.07) is 25.4. The lowest BCUT2D eigenvalue weighted by atomic mass is 9.96. The minimum atomic E-state index is -0.0522. The number of morpholine rings is 1. The van der Waals surface area contributed by atoms with E-state index in [0.29, 0.717) is 44.4 Å². The van der Waals surface area contributed by atoms with Crippen molar-refractivity contribution >= 4 is 17.3 Å². The molecule has 3 aromatic carbocycles. The molecule has 41 heavy (non-hydrogen) atoms. The zero-order valence-corrected chi connectivity index (χ0v) is 24.3. The van der Waals surface area contributed by atoms with Crippen molar-refractivity contribution < 1.29 is 19.0 Å². The first-order valence-electron chi connectivity index (χ1n) is 14.8. The van der Waals surface area contributed by atoms with E-state index in [-0.39, 0.29) is 11.9 Å². The van der Waals surface area contributed by atoms with Gasteiger partial charge in [-0.2, -0.15) is 0 Å². The molecule has 0 aliphatic carbocycles. The molecule has 0 radical (unpaired) electrons. The monoisotopic (exact) mass is 558 g/mol. The van der Waals surface area contributed by atoms with Gasteiger partial charge in [0.05, 0.1) is 50.4 Å². The highest BCUT2D eigenvalue weighted by Crippen LogP contribution is 2.39. The van der Waals surface area contributed by atoms with E-state index in [0.717, 1.165) is 50.7 Å². The van der Waals surface area contributed by atoms with Crippen LogP contribution < -0.4 is 19.7 Å². The number of carbonyl (C=O) groups excluding carboxylic acids is 1. The molecule has 2 aliphatic rings. The van der Waals surface area contributed by atoms with Crippen LogP contribution in [0.2, 0.25) is 0 Å². The molecule has 1 N–H and O–H groups in total. The fourth-order valence-electron chi connectivity index (χ4n) is 5.70. The molecule has 0 saturated carbocycles. The van der Waals surface area contributed by atoms with Gasteiger partial charge in [-0.3, -0.25) is 14.6 Å². The Morgan fingerprint density at radius 2 is 1.39 bits per heavy atom. The highest BCUT2D eigenvalue weighted by molar-refractivity contribution is 5.94. The third-order valence-corrected chi connectivity index (χ3v) is 7.66. The van der Waals surface area contributed by atoms with E-state index >= 15 is 0 Å². The molecule has 2 fully saturated rings. The molecule has 2 aliphatic heterocycles. The Labute approximate surface area is 243 Å². The Morgan fingerprint density at radius 1 is 0.805 bits per heavy atom. The lowest BCUT2D eigenvalue weighted by Gasteiger charge is -2.39. The van der Waals surface area contributed by atoms with Gasteiger partial charge >= 0.3 is 0 Å². The van der Waals surface area contributed by atoms with Crippen molar-refractivity contribution in [2.45, 2.75) is 19.9 Å². The van der Waals surface area contributed by atoms with E-state index in [2.05, 4.69) is 80.7 Å². The summed E-state index contributed by atoms with van der Waals surface area (Å²) in [6.07, 6.45) is 0. The van der Waals surface area contributed by atoms with Crippen molar-refractivity contribution in [1.82, 2.24) is 9.80 Å². The number of ether oxygens (including phenoxy) is 3. The minimum Gasteiger partial charge on any atom is -0.492 e. The lowest BCUT2D eigenvalue weighted by Crippen LogP contribution is -2.49. The van der Waals surface area contributed by atoms with Gasteiger partial charge in [-0.25, -0.2) is 0 Å². The zero-order chi connectivity index (χ0) is 28.4. The summed E-state index contributed by atoms with van der Waals surface area (Å²) >= 11 is 0. The van der Waals surface area contributed by atoms with Crippen molar-refractivity contribution in [2.75, 3.05) is 82.5 Å². The second-order valence-corrected chi connectivity index (χ2v) is 10.4. The maximum atomic E-state index is 13.3. The maximum absolute atomic E-state index is 13.3. The topological polar surface area (TPSA) is 66.5 Å². The number of hydrogen-bond donors (Lipinski definition) is 1. The molecular formula is C33H42N4O4. The summed E-state index contributed by atoms with van der Waals surface area (Å²) < 4.78 is 17.5. The molecule has 2 saturated heterocycles. The predicted octanol–water partition coefficient (Wildman–Crippen LogP) is 4.67. The molecule has 0 spiro atoms. The standard InChI is InChI=1S/C33H42N4O4/c1-3-40-30-24-29(36-19-21-39-22-20-36)31(41-4-2)23-28(30)34-32(38)25-35-15-17-37(18-16-35)33(26-11-7-5-8-12-26)27-13-9-6-10-14-27/h5-14,23-24,33H,3-4,15-22,25H2,1-2H3,(H,34,38). The molecule has 0 aromatic heterocycles. The SMILES string of the molecule is CCOc1cc(N2CCOCC2)c(OCC)cc1NC(=O)CN1CCN(C(c2ccccc2)c2ccccc2)CC1. The van der Waals surface area contributed by atoms with Crippen molar-refractivity contribution in [3.05, 3.63) is 83.9 Å². The van der Waals surface area contributed by atoms with Crippen LogP contribution in [-0.4, -0.2) is 87.9 Å². The van der Waals surface area contributed by atoms with Gasteiger partial charge in [0, 0.05) is 51.4 Å². The first kappa shape index (κ1) is 28.9. The Balaban J connectivity index is 1.24. The third kappa shape index (κ3) is 7.38. The van der Waals surface area contributed by atoms with Gasteiger partial charge in [-0.1, -0.05) is 60.7 Å². The average Bonchev–Trinajstić information content (AvgIpc) is 3.01. The van der Waals surface area contributed by atoms with Gasteiger partial charge in [0.1, 0.15) is 11.5 Å². The quantitative estimate of drug-likeness (QED) is 0.367. The van der Waals surface area contributed by atoms with Crippen molar-refractivity contribution in [1.29, 1.82) is 0 Å². The van der Waals surface area contributed by atoms with E-state index < -0.39 is 0 Å². The first-order valence-corrected chi connectivity index (χ1v) is 14.8. The van der Waals surface area contributed by atoms with Crippen LogP contribution in [-0.2, 0) is 9.53 Å². The smallest absolute Gasteiger partial charge is 0.238 e. The van der Waals surface area contributed by atoms with Crippen molar-refractivity contribution in [3.8, 4) is 11.5 Å². The summed E-state index contributed by atoms with van der Waals surface area (Å²) in [5, 5.41) is 3.11. The molecular weight excluding hydrogens is 516 g/mol. The second-order valence-electron chi connectivity index (χ2n) is 10.4. The second kappa shape index (κ2) is 14.3. The summed E-state index contributed by atoms with van der Waals surface area (Å²) in [5.74, 6) is 1.35. The van der Waals surface area contributed by atoms with Crippen LogP contribution in [0.3, 0.4) is 0 Å². The van der Waals surface area contributed by atoms with Crippen molar-refractivity contribution in [2.24, 2.45) is 0 Å². The maximum Gasteiger partial charge on any atom is 0.238 e. The van der Waals surface area contributed by atoms with Crippen LogP contribution in [0, 0.1) is 0 Å². The number of benzene rings is 3. The van der Waals surface area contributed by atoms with Crippen molar-refractivity contribution in [3.63, 3.8) is 0 Å². The van der Waals surface area contributed by atoms with Gasteiger partial charge in [-0.15, -0.1) is 0 Å². The number of nitrogens with zero attached hydrogens (tertiary/aromatic N) is 3. The van der Waals surface area contributed by atoms with Crippen LogP contribution in [0.25, 0.3) is 0 Å². The number of anilines is 2. The summed E-state index contributed by atoms with van der Waals surface area (Å²) in [5.41, 5.74) is 4.20. The van der Waals surface area contributed by atoms with Gasteiger partial charge in [0.2, 0.25) is 5.91 Å². The summed E-state index contributed by atoms with van der Waals surface area (Å²) in [6.45, 7) is 11.6. The van der Waals surface area contributed by atoms with Crippen LogP contribution in [0.1, 0.15) is 31.0 Å². The highest BCUT2D eigenvalue weighted by Gasteiger charge is 2.27. The van der Waals surface area contributed by atoms with E-state index in [1.54, 1.807) is 0 Å². The lowest BCUT2D eigenvalue weighted by molar-refractivity contribution is -0.117. The highest BCUT2D eigenvalue weighted by atomic mass is 16.5. The third-order valence-electron chi connectivity index (χ3n) is 7.66. The Kier molecular flexibility index (Phi) is 10.1. The molecule has 0 unspecified atom stereocenters. The Hall–Kier alpha value is -3.59. The molecule has 3 aromatic rings. The number of carbonyl (C=O) groups is 1. The number of nitrogens with one attached hydrogen (secondary N) is 1. The molecule has 1 amide bonds. The van der Waals surface area contributed by atoms with E-state index in [1.807, 2.05) is 26.0 Å². The first-order chi connectivity index (χ1) is 20.2. The van der Waals surface area contributed by atoms with Gasteiger partial charge < -0.3 is 24.4 Å². The normalized spacial score (nSPS) is 16.5.